The second kappa shape index (κ2) is 5.00. The van der Waals surface area contributed by atoms with Crippen molar-refractivity contribution in [3.05, 3.63) is 54.1 Å². The molecule has 0 spiro atoms. The third-order valence-corrected chi connectivity index (χ3v) is 2.85. The number of Topliss-reactive ketones (excluding diaryl/α,β-unsaturated/α-hetero) is 1. The molecular formula is C15H16O2. The Kier molecular flexibility index (Phi) is 3.43. The van der Waals surface area contributed by atoms with Crippen molar-refractivity contribution in [3.8, 4) is 5.75 Å². The molecule has 0 fully saturated rings. The highest BCUT2D eigenvalue weighted by atomic mass is 16.5. The number of hydrogen-bond donors (Lipinski definition) is 0. The van der Waals surface area contributed by atoms with E-state index in [1.54, 1.807) is 0 Å². The van der Waals surface area contributed by atoms with Gasteiger partial charge in [0, 0.05) is 6.42 Å². The maximum Gasteiger partial charge on any atom is 0.170 e. The molecule has 2 rings (SSSR count). The first-order valence-corrected chi connectivity index (χ1v) is 5.80. The number of ketones is 1. The van der Waals surface area contributed by atoms with Crippen molar-refractivity contribution in [3.63, 3.8) is 0 Å². The maximum absolute atomic E-state index is 11.9. The summed E-state index contributed by atoms with van der Waals surface area (Å²) >= 11 is 0. The van der Waals surface area contributed by atoms with Crippen molar-refractivity contribution in [2.24, 2.45) is 0 Å². The number of fused-ring (bicyclic) bond motifs is 1. The Bertz CT molecular complexity index is 472. The maximum atomic E-state index is 11.9. The summed E-state index contributed by atoms with van der Waals surface area (Å²) in [6.07, 6.45) is 5.63. The van der Waals surface area contributed by atoms with Crippen LogP contribution in [0.15, 0.2) is 37.4 Å². The summed E-state index contributed by atoms with van der Waals surface area (Å²) in [5.41, 5.74) is 2.87. The van der Waals surface area contributed by atoms with Crippen LogP contribution in [0, 0.1) is 0 Å². The number of allylic oxidation sites excluding steroid dienone is 2. The lowest BCUT2D eigenvalue weighted by atomic mass is 9.95. The van der Waals surface area contributed by atoms with Crippen LogP contribution in [0.5, 0.6) is 5.75 Å². The SMILES string of the molecule is C=CCc1cc(CC=C)c2c(c1)C(=O)CCO2. The lowest BCUT2D eigenvalue weighted by molar-refractivity contribution is 0.0932. The quantitative estimate of drug-likeness (QED) is 0.740. The Morgan fingerprint density at radius 3 is 2.71 bits per heavy atom. The smallest absolute Gasteiger partial charge is 0.170 e. The van der Waals surface area contributed by atoms with E-state index in [1.807, 2.05) is 18.2 Å². The summed E-state index contributed by atoms with van der Waals surface area (Å²) in [4.78, 5) is 11.9. The third kappa shape index (κ3) is 2.31. The van der Waals surface area contributed by atoms with Crippen LogP contribution in [0.4, 0.5) is 0 Å². The van der Waals surface area contributed by atoms with Gasteiger partial charge in [-0.1, -0.05) is 18.2 Å². The van der Waals surface area contributed by atoms with Crippen LogP contribution in [-0.2, 0) is 12.8 Å². The summed E-state index contributed by atoms with van der Waals surface area (Å²) in [6.45, 7) is 7.95. The van der Waals surface area contributed by atoms with Gasteiger partial charge in [-0.05, 0) is 30.0 Å². The fourth-order valence-electron chi connectivity index (χ4n) is 2.10. The van der Waals surface area contributed by atoms with Crippen LogP contribution in [0.2, 0.25) is 0 Å². The number of hydrogen-bond acceptors (Lipinski definition) is 2. The van der Waals surface area contributed by atoms with Crippen molar-refractivity contribution in [1.29, 1.82) is 0 Å². The van der Waals surface area contributed by atoms with Gasteiger partial charge in [0.25, 0.3) is 0 Å². The first-order valence-electron chi connectivity index (χ1n) is 5.80. The molecule has 1 aromatic rings. The van der Waals surface area contributed by atoms with Crippen molar-refractivity contribution in [1.82, 2.24) is 0 Å². The standard InChI is InChI=1S/C15H16O2/c1-3-5-11-9-12(6-4-2)15-13(10-11)14(16)7-8-17-15/h3-4,9-10H,1-2,5-8H2. The number of rotatable bonds is 4. The molecule has 1 heterocycles. The van der Waals surface area contributed by atoms with Crippen LogP contribution < -0.4 is 4.74 Å². The van der Waals surface area contributed by atoms with Gasteiger partial charge >= 0.3 is 0 Å². The van der Waals surface area contributed by atoms with E-state index in [0.29, 0.717) is 18.6 Å². The minimum absolute atomic E-state index is 0.169. The fourth-order valence-corrected chi connectivity index (χ4v) is 2.10. The van der Waals surface area contributed by atoms with Gasteiger partial charge in [-0.25, -0.2) is 0 Å². The van der Waals surface area contributed by atoms with Gasteiger partial charge in [0.05, 0.1) is 12.2 Å². The summed E-state index contributed by atoms with van der Waals surface area (Å²) in [5, 5.41) is 0. The molecule has 88 valence electrons. The van der Waals surface area contributed by atoms with Gasteiger partial charge in [-0.3, -0.25) is 4.79 Å². The van der Waals surface area contributed by atoms with Crippen LogP contribution in [-0.4, -0.2) is 12.4 Å². The van der Waals surface area contributed by atoms with Gasteiger partial charge in [-0.15, -0.1) is 13.2 Å². The number of carbonyl (C=O) groups excluding carboxylic acids is 1. The average molecular weight is 228 g/mol. The molecule has 2 nitrogen and oxygen atoms in total. The lowest BCUT2D eigenvalue weighted by Gasteiger charge is -2.20. The molecular weight excluding hydrogens is 212 g/mol. The van der Waals surface area contributed by atoms with E-state index in [2.05, 4.69) is 19.2 Å². The monoisotopic (exact) mass is 228 g/mol. The molecule has 17 heavy (non-hydrogen) atoms. The molecule has 0 aliphatic carbocycles. The van der Waals surface area contributed by atoms with Gasteiger partial charge in [0.2, 0.25) is 0 Å². The number of ether oxygens (including phenoxy) is 1. The molecule has 1 aromatic carbocycles. The zero-order chi connectivity index (χ0) is 12.3. The predicted octanol–water partition coefficient (Wildman–Crippen LogP) is 3.11. The number of benzene rings is 1. The van der Waals surface area contributed by atoms with E-state index in [9.17, 15) is 4.79 Å². The number of carbonyl (C=O) groups is 1. The largest absolute Gasteiger partial charge is 0.492 e. The first-order chi connectivity index (χ1) is 8.26. The summed E-state index contributed by atoms with van der Waals surface area (Å²) in [7, 11) is 0. The van der Waals surface area contributed by atoms with Gasteiger partial charge in [0.15, 0.2) is 5.78 Å². The molecule has 2 heteroatoms. The van der Waals surface area contributed by atoms with Gasteiger partial charge < -0.3 is 4.74 Å². The third-order valence-electron chi connectivity index (χ3n) is 2.85. The molecule has 0 saturated heterocycles. The Balaban J connectivity index is 2.52. The Labute approximate surface area is 102 Å². The van der Waals surface area contributed by atoms with E-state index < -0.39 is 0 Å². The fraction of sp³-hybridized carbons (Fsp3) is 0.267. The summed E-state index contributed by atoms with van der Waals surface area (Å²) < 4.78 is 5.62. The van der Waals surface area contributed by atoms with Crippen molar-refractivity contribution >= 4 is 5.78 Å². The first kappa shape index (κ1) is 11.6. The topological polar surface area (TPSA) is 26.3 Å². The molecule has 0 bridgehead atoms. The predicted molar refractivity (Wildman–Crippen MR) is 68.7 cm³/mol. The molecule has 0 amide bonds. The molecule has 0 N–H and O–H groups in total. The lowest BCUT2D eigenvalue weighted by Crippen LogP contribution is -2.17. The van der Waals surface area contributed by atoms with E-state index in [0.717, 1.165) is 29.7 Å². The Morgan fingerprint density at radius 1 is 1.24 bits per heavy atom. The van der Waals surface area contributed by atoms with Crippen LogP contribution in [0.1, 0.15) is 27.9 Å². The zero-order valence-corrected chi connectivity index (χ0v) is 9.87. The van der Waals surface area contributed by atoms with Crippen LogP contribution in [0.25, 0.3) is 0 Å². The minimum atomic E-state index is 0.169. The zero-order valence-electron chi connectivity index (χ0n) is 9.87. The van der Waals surface area contributed by atoms with Gasteiger partial charge in [-0.2, -0.15) is 0 Å². The normalized spacial score (nSPS) is 13.8. The molecule has 0 aromatic heterocycles. The van der Waals surface area contributed by atoms with Gasteiger partial charge in [0.1, 0.15) is 5.75 Å². The molecule has 0 unspecified atom stereocenters. The van der Waals surface area contributed by atoms with E-state index in [1.165, 1.54) is 0 Å². The molecule has 1 aliphatic heterocycles. The highest BCUT2D eigenvalue weighted by Crippen LogP contribution is 2.31. The van der Waals surface area contributed by atoms with E-state index >= 15 is 0 Å². The molecule has 0 atom stereocenters. The van der Waals surface area contributed by atoms with Crippen molar-refractivity contribution in [2.75, 3.05) is 6.61 Å². The van der Waals surface area contributed by atoms with Crippen molar-refractivity contribution < 1.29 is 9.53 Å². The molecule has 0 saturated carbocycles. The van der Waals surface area contributed by atoms with Crippen molar-refractivity contribution in [2.45, 2.75) is 19.3 Å². The van der Waals surface area contributed by atoms with Crippen LogP contribution >= 0.6 is 0 Å². The second-order valence-corrected chi connectivity index (χ2v) is 4.14. The highest BCUT2D eigenvalue weighted by Gasteiger charge is 2.21. The van der Waals surface area contributed by atoms with E-state index in [-0.39, 0.29) is 5.78 Å². The summed E-state index contributed by atoms with van der Waals surface area (Å²) in [6, 6.07) is 3.99. The van der Waals surface area contributed by atoms with E-state index in [4.69, 9.17) is 4.74 Å². The molecule has 1 aliphatic rings. The average Bonchev–Trinajstić information content (AvgIpc) is 2.31. The minimum Gasteiger partial charge on any atom is -0.492 e. The second-order valence-electron chi connectivity index (χ2n) is 4.14. The Morgan fingerprint density at radius 2 is 2.00 bits per heavy atom. The summed E-state index contributed by atoms with van der Waals surface area (Å²) in [5.74, 6) is 0.913. The van der Waals surface area contributed by atoms with Crippen LogP contribution in [0.3, 0.4) is 0 Å². The molecule has 0 radical (unpaired) electrons. The Hall–Kier alpha value is -1.83. The highest BCUT2D eigenvalue weighted by molar-refractivity contribution is 6.00.